The number of aromatic nitrogens is 2. The van der Waals surface area contributed by atoms with E-state index < -0.39 is 0 Å². The summed E-state index contributed by atoms with van der Waals surface area (Å²) < 4.78 is 2.12. The van der Waals surface area contributed by atoms with Crippen molar-refractivity contribution in [2.24, 2.45) is 0 Å². The van der Waals surface area contributed by atoms with Crippen LogP contribution in [0.1, 0.15) is 53.4 Å². The molecule has 26 heavy (non-hydrogen) atoms. The van der Waals surface area contributed by atoms with E-state index in [-0.39, 0.29) is 11.8 Å². The Kier molecular flexibility index (Phi) is 5.40. The Bertz CT molecular complexity index is 808. The number of carbonyl (C=O) groups excluding carboxylic acids is 2. The average Bonchev–Trinajstić information content (AvgIpc) is 3.02. The minimum Gasteiger partial charge on any atom is -0.349 e. The van der Waals surface area contributed by atoms with Crippen molar-refractivity contribution in [1.29, 1.82) is 0 Å². The summed E-state index contributed by atoms with van der Waals surface area (Å²) in [5.74, 6) is 0.939. The fourth-order valence-corrected chi connectivity index (χ4v) is 3.33. The molecule has 0 spiro atoms. The van der Waals surface area contributed by atoms with Crippen molar-refractivity contribution in [3.8, 4) is 0 Å². The van der Waals surface area contributed by atoms with E-state index in [0.29, 0.717) is 26.1 Å². The van der Waals surface area contributed by atoms with Gasteiger partial charge >= 0.3 is 0 Å². The van der Waals surface area contributed by atoms with Crippen LogP contribution in [0.5, 0.6) is 0 Å². The molecule has 0 bridgehead atoms. The number of hydrogen-bond acceptors (Lipinski definition) is 3. The smallest absolute Gasteiger partial charge is 0.254 e. The van der Waals surface area contributed by atoms with Crippen molar-refractivity contribution in [3.05, 3.63) is 52.6 Å². The molecule has 1 aromatic carbocycles. The summed E-state index contributed by atoms with van der Waals surface area (Å²) in [6.45, 7) is 8.34. The molecule has 0 atom stereocenters. The predicted octanol–water partition coefficient (Wildman–Crippen LogP) is 2.44. The Morgan fingerprint density at radius 2 is 1.92 bits per heavy atom. The molecule has 2 amide bonds. The number of imidazole rings is 1. The van der Waals surface area contributed by atoms with Gasteiger partial charge in [-0.2, -0.15) is 0 Å². The Hall–Kier alpha value is -2.63. The highest BCUT2D eigenvalue weighted by atomic mass is 16.2. The molecule has 1 N–H and O–H groups in total. The van der Waals surface area contributed by atoms with E-state index in [4.69, 9.17) is 4.98 Å². The molecule has 138 valence electrons. The second-order valence-electron chi connectivity index (χ2n) is 6.64. The van der Waals surface area contributed by atoms with Crippen LogP contribution in [0.3, 0.4) is 0 Å². The van der Waals surface area contributed by atoms with Gasteiger partial charge in [-0.3, -0.25) is 9.59 Å². The summed E-state index contributed by atoms with van der Waals surface area (Å²) in [6.07, 6.45) is 1.21. The molecule has 0 aliphatic carbocycles. The van der Waals surface area contributed by atoms with E-state index in [1.165, 1.54) is 0 Å². The first-order valence-electron chi connectivity index (χ1n) is 9.23. The SMILES string of the molecule is CCC(=O)NCc1nc2c(n1CC)CN(C(=O)c1ccc(C)cc1)CC2. The Morgan fingerprint density at radius 1 is 1.19 bits per heavy atom. The first-order valence-corrected chi connectivity index (χ1v) is 9.23. The Morgan fingerprint density at radius 3 is 2.58 bits per heavy atom. The van der Waals surface area contributed by atoms with Crippen molar-refractivity contribution >= 4 is 11.8 Å². The van der Waals surface area contributed by atoms with Gasteiger partial charge in [-0.15, -0.1) is 0 Å². The van der Waals surface area contributed by atoms with E-state index in [1.807, 2.05) is 43.0 Å². The van der Waals surface area contributed by atoms with Gasteiger partial charge in [0, 0.05) is 31.5 Å². The minimum atomic E-state index is 0.0183. The lowest BCUT2D eigenvalue weighted by molar-refractivity contribution is -0.120. The van der Waals surface area contributed by atoms with Crippen LogP contribution < -0.4 is 5.32 Å². The largest absolute Gasteiger partial charge is 0.349 e. The molecule has 0 radical (unpaired) electrons. The monoisotopic (exact) mass is 354 g/mol. The second-order valence-corrected chi connectivity index (χ2v) is 6.64. The normalized spacial score (nSPS) is 13.4. The van der Waals surface area contributed by atoms with E-state index in [2.05, 4.69) is 16.8 Å². The summed E-state index contributed by atoms with van der Waals surface area (Å²) >= 11 is 0. The Labute approximate surface area is 154 Å². The first kappa shape index (κ1) is 18.2. The van der Waals surface area contributed by atoms with Crippen LogP contribution in [0.15, 0.2) is 24.3 Å². The maximum Gasteiger partial charge on any atom is 0.254 e. The third kappa shape index (κ3) is 3.64. The first-order chi connectivity index (χ1) is 12.5. The maximum absolute atomic E-state index is 12.8. The maximum atomic E-state index is 12.8. The second kappa shape index (κ2) is 7.72. The third-order valence-electron chi connectivity index (χ3n) is 4.86. The lowest BCUT2D eigenvalue weighted by Gasteiger charge is -2.27. The topological polar surface area (TPSA) is 67.2 Å². The summed E-state index contributed by atoms with van der Waals surface area (Å²) in [4.78, 5) is 31.0. The number of nitrogens with one attached hydrogen (secondary N) is 1. The molecule has 2 heterocycles. The van der Waals surface area contributed by atoms with Gasteiger partial charge in [-0.25, -0.2) is 4.98 Å². The van der Waals surface area contributed by atoms with Crippen molar-refractivity contribution in [2.75, 3.05) is 6.54 Å². The van der Waals surface area contributed by atoms with E-state index in [0.717, 1.165) is 41.3 Å². The van der Waals surface area contributed by atoms with Crippen LogP contribution in [-0.2, 0) is 30.8 Å². The molecule has 0 saturated heterocycles. The molecule has 2 aromatic rings. The number of rotatable bonds is 5. The molecule has 1 aliphatic heterocycles. The molecular formula is C20H26N4O2. The molecule has 0 unspecified atom stereocenters. The van der Waals surface area contributed by atoms with Crippen LogP contribution in [-0.4, -0.2) is 32.8 Å². The highest BCUT2D eigenvalue weighted by Crippen LogP contribution is 2.22. The van der Waals surface area contributed by atoms with Gasteiger partial charge in [0.25, 0.3) is 5.91 Å². The number of carbonyl (C=O) groups is 2. The van der Waals surface area contributed by atoms with Crippen molar-refractivity contribution in [3.63, 3.8) is 0 Å². The number of nitrogens with zero attached hydrogens (tertiary/aromatic N) is 3. The van der Waals surface area contributed by atoms with Gasteiger partial charge in [-0.1, -0.05) is 24.6 Å². The number of fused-ring (bicyclic) bond motifs is 1. The lowest BCUT2D eigenvalue weighted by Crippen LogP contribution is -2.36. The molecule has 3 rings (SSSR count). The van der Waals surface area contributed by atoms with Gasteiger partial charge in [0.1, 0.15) is 5.82 Å². The molecule has 6 heteroatoms. The zero-order valence-electron chi connectivity index (χ0n) is 15.7. The molecule has 1 aromatic heterocycles. The summed E-state index contributed by atoms with van der Waals surface area (Å²) in [5, 5.41) is 2.89. The molecule has 0 saturated carbocycles. The molecule has 0 fully saturated rings. The van der Waals surface area contributed by atoms with Gasteiger partial charge in [0.2, 0.25) is 5.91 Å². The van der Waals surface area contributed by atoms with Crippen LogP contribution in [0.25, 0.3) is 0 Å². The third-order valence-corrected chi connectivity index (χ3v) is 4.86. The fourth-order valence-electron chi connectivity index (χ4n) is 3.33. The van der Waals surface area contributed by atoms with Gasteiger partial charge < -0.3 is 14.8 Å². The van der Waals surface area contributed by atoms with E-state index in [9.17, 15) is 9.59 Å². The van der Waals surface area contributed by atoms with Crippen LogP contribution in [0.2, 0.25) is 0 Å². The highest BCUT2D eigenvalue weighted by molar-refractivity contribution is 5.94. The molecular weight excluding hydrogens is 328 g/mol. The zero-order valence-corrected chi connectivity index (χ0v) is 15.7. The number of amides is 2. The van der Waals surface area contributed by atoms with Crippen molar-refractivity contribution < 1.29 is 9.59 Å². The highest BCUT2D eigenvalue weighted by Gasteiger charge is 2.27. The molecule has 1 aliphatic rings. The molecule has 6 nitrogen and oxygen atoms in total. The van der Waals surface area contributed by atoms with Gasteiger partial charge in [0.05, 0.1) is 24.5 Å². The number of aryl methyl sites for hydroxylation is 1. The number of benzene rings is 1. The van der Waals surface area contributed by atoms with E-state index in [1.54, 1.807) is 0 Å². The fraction of sp³-hybridized carbons (Fsp3) is 0.450. The summed E-state index contributed by atoms with van der Waals surface area (Å²) in [5.41, 5.74) is 3.99. The van der Waals surface area contributed by atoms with Crippen LogP contribution in [0, 0.1) is 6.92 Å². The van der Waals surface area contributed by atoms with Crippen LogP contribution >= 0.6 is 0 Å². The van der Waals surface area contributed by atoms with E-state index >= 15 is 0 Å². The quantitative estimate of drug-likeness (QED) is 0.897. The minimum absolute atomic E-state index is 0.0183. The lowest BCUT2D eigenvalue weighted by atomic mass is 10.1. The summed E-state index contributed by atoms with van der Waals surface area (Å²) in [6, 6.07) is 7.70. The number of hydrogen-bond donors (Lipinski definition) is 1. The van der Waals surface area contributed by atoms with Gasteiger partial charge in [0.15, 0.2) is 0 Å². The van der Waals surface area contributed by atoms with Gasteiger partial charge in [-0.05, 0) is 26.0 Å². The Balaban J connectivity index is 1.78. The summed E-state index contributed by atoms with van der Waals surface area (Å²) in [7, 11) is 0. The van der Waals surface area contributed by atoms with Crippen LogP contribution in [0.4, 0.5) is 0 Å². The van der Waals surface area contributed by atoms with Crippen molar-refractivity contribution in [1.82, 2.24) is 19.8 Å². The zero-order chi connectivity index (χ0) is 18.7. The standard InChI is InChI=1S/C20H26N4O2/c1-4-19(25)21-12-18-22-16-10-11-23(13-17(16)24(18)5-2)20(26)15-8-6-14(3)7-9-15/h6-9H,4-5,10-13H2,1-3H3,(H,21,25). The average molecular weight is 354 g/mol. The van der Waals surface area contributed by atoms with Crippen molar-refractivity contribution in [2.45, 2.75) is 53.2 Å². The predicted molar refractivity (Wildman–Crippen MR) is 99.7 cm³/mol.